The van der Waals surface area contributed by atoms with Gasteiger partial charge in [0.05, 0.1) is 12.5 Å². The van der Waals surface area contributed by atoms with Crippen LogP contribution < -0.4 is 5.32 Å². The average molecular weight is 247 g/mol. The summed E-state index contributed by atoms with van der Waals surface area (Å²) in [5, 5.41) is 12.9. The molecule has 0 saturated heterocycles. The Kier molecular flexibility index (Phi) is 3.67. The molecule has 1 aromatic carbocycles. The van der Waals surface area contributed by atoms with Gasteiger partial charge >= 0.3 is 5.97 Å². The normalized spacial score (nSPS) is 12.8. The van der Waals surface area contributed by atoms with Crippen LogP contribution in [-0.2, 0) is 4.79 Å². The Bertz CT molecular complexity index is 559. The molecular weight excluding hydrogens is 230 g/mol. The summed E-state index contributed by atoms with van der Waals surface area (Å²) in [5.74, 6) is 0.0811. The number of carboxylic acid groups (broad SMARTS) is 1. The van der Waals surface area contributed by atoms with Gasteiger partial charge in [0.25, 0.3) is 0 Å². The number of benzene rings is 1. The maximum absolute atomic E-state index is 10.5. The maximum atomic E-state index is 10.5. The fraction of sp³-hybridized carbons (Fsp3) is 0.357. The standard InChI is InChI=1S/C14H17NO3/c1-9-11-5-3-4-6-12(11)18-14(9)10(2)15-8-7-13(16)17/h3-6,10,15H,7-8H2,1-2H3,(H,16,17). The molecule has 0 fully saturated rings. The average Bonchev–Trinajstić information content (AvgIpc) is 2.67. The molecule has 1 unspecified atom stereocenters. The topological polar surface area (TPSA) is 62.5 Å². The molecule has 0 aliphatic rings. The van der Waals surface area contributed by atoms with Crippen LogP contribution in [0.25, 0.3) is 11.0 Å². The van der Waals surface area contributed by atoms with Gasteiger partial charge in [-0.25, -0.2) is 0 Å². The molecule has 1 atom stereocenters. The highest BCUT2D eigenvalue weighted by Crippen LogP contribution is 2.28. The van der Waals surface area contributed by atoms with Crippen molar-refractivity contribution in [3.05, 3.63) is 35.6 Å². The monoisotopic (exact) mass is 247 g/mol. The van der Waals surface area contributed by atoms with Crippen molar-refractivity contribution >= 4 is 16.9 Å². The minimum absolute atomic E-state index is 0.0109. The van der Waals surface area contributed by atoms with Gasteiger partial charge in [-0.15, -0.1) is 0 Å². The molecular formula is C14H17NO3. The lowest BCUT2D eigenvalue weighted by Gasteiger charge is -2.11. The minimum Gasteiger partial charge on any atom is -0.481 e. The molecule has 0 bridgehead atoms. The Labute approximate surface area is 106 Å². The van der Waals surface area contributed by atoms with Crippen molar-refractivity contribution in [1.29, 1.82) is 0 Å². The third kappa shape index (κ3) is 2.54. The molecule has 4 heteroatoms. The van der Waals surface area contributed by atoms with Crippen LogP contribution >= 0.6 is 0 Å². The van der Waals surface area contributed by atoms with Crippen molar-refractivity contribution in [2.45, 2.75) is 26.3 Å². The van der Waals surface area contributed by atoms with Crippen molar-refractivity contribution in [3.63, 3.8) is 0 Å². The highest BCUT2D eigenvalue weighted by atomic mass is 16.4. The number of para-hydroxylation sites is 1. The van der Waals surface area contributed by atoms with E-state index in [4.69, 9.17) is 9.52 Å². The SMILES string of the molecule is Cc1c(C(C)NCCC(=O)O)oc2ccccc12. The zero-order chi connectivity index (χ0) is 13.1. The first kappa shape index (κ1) is 12.6. The molecule has 4 nitrogen and oxygen atoms in total. The van der Waals surface area contributed by atoms with Gasteiger partial charge in [0.15, 0.2) is 0 Å². The maximum Gasteiger partial charge on any atom is 0.304 e. The second-order valence-corrected chi connectivity index (χ2v) is 4.41. The number of fused-ring (bicyclic) bond motifs is 1. The predicted octanol–water partition coefficient (Wildman–Crippen LogP) is 2.87. The summed E-state index contributed by atoms with van der Waals surface area (Å²) in [6, 6.07) is 7.91. The van der Waals surface area contributed by atoms with Crippen molar-refractivity contribution in [3.8, 4) is 0 Å². The highest BCUT2D eigenvalue weighted by molar-refractivity contribution is 5.82. The zero-order valence-electron chi connectivity index (χ0n) is 10.6. The molecule has 2 rings (SSSR count). The number of carboxylic acids is 1. The van der Waals surface area contributed by atoms with E-state index in [0.29, 0.717) is 6.54 Å². The smallest absolute Gasteiger partial charge is 0.304 e. The number of furan rings is 1. The van der Waals surface area contributed by atoms with Crippen LogP contribution in [0.15, 0.2) is 28.7 Å². The molecule has 0 spiro atoms. The molecule has 18 heavy (non-hydrogen) atoms. The number of aliphatic carboxylic acids is 1. The van der Waals surface area contributed by atoms with E-state index in [1.54, 1.807) is 0 Å². The van der Waals surface area contributed by atoms with Crippen LogP contribution in [0.4, 0.5) is 0 Å². The first-order chi connectivity index (χ1) is 8.59. The van der Waals surface area contributed by atoms with Gasteiger partial charge < -0.3 is 14.8 Å². The number of aryl methyl sites for hydroxylation is 1. The fourth-order valence-corrected chi connectivity index (χ4v) is 2.09. The van der Waals surface area contributed by atoms with Crippen LogP contribution in [-0.4, -0.2) is 17.6 Å². The van der Waals surface area contributed by atoms with Crippen molar-refractivity contribution < 1.29 is 14.3 Å². The third-order valence-electron chi connectivity index (χ3n) is 3.06. The van der Waals surface area contributed by atoms with Crippen LogP contribution in [0.1, 0.15) is 30.7 Å². The number of rotatable bonds is 5. The Hall–Kier alpha value is -1.81. The molecule has 2 aromatic rings. The predicted molar refractivity (Wildman–Crippen MR) is 69.6 cm³/mol. The van der Waals surface area contributed by atoms with E-state index in [0.717, 1.165) is 22.3 Å². The van der Waals surface area contributed by atoms with Crippen LogP contribution in [0, 0.1) is 6.92 Å². The molecule has 1 aromatic heterocycles. The Morgan fingerprint density at radius 2 is 2.17 bits per heavy atom. The summed E-state index contributed by atoms with van der Waals surface area (Å²) in [7, 11) is 0. The Morgan fingerprint density at radius 1 is 1.44 bits per heavy atom. The highest BCUT2D eigenvalue weighted by Gasteiger charge is 2.15. The molecule has 0 aliphatic carbocycles. The van der Waals surface area contributed by atoms with Crippen molar-refractivity contribution in [1.82, 2.24) is 5.32 Å². The lowest BCUT2D eigenvalue weighted by atomic mass is 10.1. The molecule has 0 aliphatic heterocycles. The number of carbonyl (C=O) groups is 1. The van der Waals surface area contributed by atoms with E-state index in [9.17, 15) is 4.79 Å². The van der Waals surface area contributed by atoms with E-state index in [-0.39, 0.29) is 12.5 Å². The number of nitrogens with one attached hydrogen (secondary N) is 1. The minimum atomic E-state index is -0.795. The summed E-state index contributed by atoms with van der Waals surface area (Å²) >= 11 is 0. The zero-order valence-corrected chi connectivity index (χ0v) is 10.6. The van der Waals surface area contributed by atoms with Gasteiger partial charge in [0.2, 0.25) is 0 Å². The van der Waals surface area contributed by atoms with Gasteiger partial charge in [-0.3, -0.25) is 4.79 Å². The van der Waals surface area contributed by atoms with Gasteiger partial charge in [-0.1, -0.05) is 18.2 Å². The summed E-state index contributed by atoms with van der Waals surface area (Å²) in [6.45, 7) is 4.44. The number of hydrogen-bond donors (Lipinski definition) is 2. The second-order valence-electron chi connectivity index (χ2n) is 4.41. The lowest BCUT2D eigenvalue weighted by molar-refractivity contribution is -0.136. The first-order valence-electron chi connectivity index (χ1n) is 6.03. The molecule has 0 amide bonds. The van der Waals surface area contributed by atoms with Gasteiger partial charge in [0.1, 0.15) is 11.3 Å². The molecule has 96 valence electrons. The van der Waals surface area contributed by atoms with Gasteiger partial charge in [0, 0.05) is 11.9 Å². The van der Waals surface area contributed by atoms with E-state index in [1.165, 1.54) is 0 Å². The van der Waals surface area contributed by atoms with Crippen LogP contribution in [0.5, 0.6) is 0 Å². The van der Waals surface area contributed by atoms with E-state index in [1.807, 2.05) is 38.1 Å². The quantitative estimate of drug-likeness (QED) is 0.852. The van der Waals surface area contributed by atoms with Crippen molar-refractivity contribution in [2.75, 3.05) is 6.54 Å². The van der Waals surface area contributed by atoms with Gasteiger partial charge in [-0.05, 0) is 25.5 Å². The summed E-state index contributed by atoms with van der Waals surface area (Å²) < 4.78 is 5.81. The molecule has 0 saturated carbocycles. The van der Waals surface area contributed by atoms with Crippen LogP contribution in [0.2, 0.25) is 0 Å². The largest absolute Gasteiger partial charge is 0.481 e. The second kappa shape index (κ2) is 5.23. The summed E-state index contributed by atoms with van der Waals surface area (Å²) in [6.07, 6.45) is 0.115. The van der Waals surface area contributed by atoms with Crippen molar-refractivity contribution in [2.24, 2.45) is 0 Å². The first-order valence-corrected chi connectivity index (χ1v) is 6.03. The molecule has 0 radical (unpaired) electrons. The van der Waals surface area contributed by atoms with Gasteiger partial charge in [-0.2, -0.15) is 0 Å². The summed E-state index contributed by atoms with van der Waals surface area (Å²) in [4.78, 5) is 10.5. The molecule has 1 heterocycles. The lowest BCUT2D eigenvalue weighted by Crippen LogP contribution is -2.22. The Morgan fingerprint density at radius 3 is 2.83 bits per heavy atom. The number of hydrogen-bond acceptors (Lipinski definition) is 3. The molecule has 2 N–H and O–H groups in total. The van der Waals surface area contributed by atoms with E-state index in [2.05, 4.69) is 5.32 Å². The third-order valence-corrected chi connectivity index (χ3v) is 3.06. The van der Waals surface area contributed by atoms with Crippen LogP contribution in [0.3, 0.4) is 0 Å². The van der Waals surface area contributed by atoms with E-state index >= 15 is 0 Å². The Balaban J connectivity index is 2.15. The summed E-state index contributed by atoms with van der Waals surface area (Å²) in [5.41, 5.74) is 1.98. The fourth-order valence-electron chi connectivity index (χ4n) is 2.09. The van der Waals surface area contributed by atoms with E-state index < -0.39 is 5.97 Å².